The molecule has 0 radical (unpaired) electrons. The number of hydrogen-bond acceptors (Lipinski definition) is 4. The highest BCUT2D eigenvalue weighted by Crippen LogP contribution is 2.34. The fraction of sp³-hybridized carbons (Fsp3) is 0.619. The Morgan fingerprint density at radius 1 is 1.00 bits per heavy atom. The molecule has 28 heavy (non-hydrogen) atoms. The molecule has 3 rings (SSSR count). The van der Waals surface area contributed by atoms with Crippen molar-refractivity contribution < 1.29 is 19.1 Å². The highest BCUT2D eigenvalue weighted by Gasteiger charge is 2.40. The first kappa shape index (κ1) is 20.5. The van der Waals surface area contributed by atoms with Gasteiger partial charge in [0.1, 0.15) is 5.60 Å². The Kier molecular flexibility index (Phi) is 6.13. The number of urea groups is 1. The number of piperidine rings is 1. The van der Waals surface area contributed by atoms with Gasteiger partial charge < -0.3 is 24.6 Å². The molecule has 7 heteroatoms. The first-order valence-corrected chi connectivity index (χ1v) is 9.97. The first-order valence-electron chi connectivity index (χ1n) is 9.97. The number of likely N-dealkylation sites (tertiary alicyclic amines) is 1. The zero-order chi connectivity index (χ0) is 20.2. The Balaban J connectivity index is 1.73. The van der Waals surface area contributed by atoms with Gasteiger partial charge in [-0.05, 0) is 39.2 Å². The van der Waals surface area contributed by atoms with E-state index in [0.717, 1.165) is 5.56 Å². The van der Waals surface area contributed by atoms with Crippen LogP contribution >= 0.6 is 0 Å². The summed E-state index contributed by atoms with van der Waals surface area (Å²) >= 11 is 0. The summed E-state index contributed by atoms with van der Waals surface area (Å²) in [4.78, 5) is 28.9. The fourth-order valence-electron chi connectivity index (χ4n) is 3.69. The third-order valence-electron chi connectivity index (χ3n) is 5.24. The van der Waals surface area contributed by atoms with Crippen LogP contribution in [0.2, 0.25) is 0 Å². The number of carbonyl (C=O) groups excluding carboxylic acids is 2. The normalized spacial score (nSPS) is 19.8. The van der Waals surface area contributed by atoms with Crippen LogP contribution in [0.4, 0.5) is 9.59 Å². The quantitative estimate of drug-likeness (QED) is 0.844. The second kappa shape index (κ2) is 8.39. The van der Waals surface area contributed by atoms with Crippen molar-refractivity contribution >= 4 is 12.1 Å². The largest absolute Gasteiger partial charge is 0.444 e. The van der Waals surface area contributed by atoms with E-state index in [4.69, 9.17) is 9.47 Å². The van der Waals surface area contributed by atoms with E-state index in [-0.39, 0.29) is 12.1 Å². The van der Waals surface area contributed by atoms with Crippen LogP contribution < -0.4 is 5.32 Å². The number of morpholine rings is 1. The monoisotopic (exact) mass is 389 g/mol. The van der Waals surface area contributed by atoms with Gasteiger partial charge in [-0.25, -0.2) is 9.59 Å². The lowest BCUT2D eigenvalue weighted by Gasteiger charge is -2.44. The maximum Gasteiger partial charge on any atom is 0.410 e. The van der Waals surface area contributed by atoms with Crippen molar-refractivity contribution in [3.05, 3.63) is 35.9 Å². The van der Waals surface area contributed by atoms with Gasteiger partial charge in [-0.1, -0.05) is 30.3 Å². The van der Waals surface area contributed by atoms with Crippen molar-refractivity contribution in [2.45, 2.75) is 44.8 Å². The summed E-state index contributed by atoms with van der Waals surface area (Å²) in [5, 5.41) is 3.28. The van der Waals surface area contributed by atoms with Crippen molar-refractivity contribution in [3.63, 3.8) is 0 Å². The number of ether oxygens (including phenoxy) is 2. The van der Waals surface area contributed by atoms with Gasteiger partial charge in [0, 0.05) is 26.2 Å². The average Bonchev–Trinajstić information content (AvgIpc) is 2.68. The number of nitrogens with one attached hydrogen (secondary N) is 1. The minimum absolute atomic E-state index is 0.0714. The number of rotatable bonds is 2. The van der Waals surface area contributed by atoms with Gasteiger partial charge in [-0.3, -0.25) is 0 Å². The lowest BCUT2D eigenvalue weighted by Crippen LogP contribution is -2.58. The molecular weight excluding hydrogens is 358 g/mol. The van der Waals surface area contributed by atoms with Crippen molar-refractivity contribution in [2.24, 2.45) is 0 Å². The van der Waals surface area contributed by atoms with Crippen LogP contribution in [0, 0.1) is 0 Å². The molecule has 0 atom stereocenters. The molecule has 0 unspecified atom stereocenters. The maximum absolute atomic E-state index is 12.9. The molecule has 2 heterocycles. The van der Waals surface area contributed by atoms with E-state index in [1.54, 1.807) is 9.80 Å². The summed E-state index contributed by atoms with van der Waals surface area (Å²) in [5.74, 6) is 0. The molecular formula is C21H31N3O4. The molecule has 2 aliphatic rings. The van der Waals surface area contributed by atoms with Crippen LogP contribution in [-0.4, -0.2) is 66.9 Å². The Bertz CT molecular complexity index is 673. The van der Waals surface area contributed by atoms with E-state index in [2.05, 4.69) is 5.32 Å². The summed E-state index contributed by atoms with van der Waals surface area (Å²) in [6, 6.07) is 9.96. The molecule has 154 valence electrons. The zero-order valence-electron chi connectivity index (χ0n) is 17.1. The lowest BCUT2D eigenvalue weighted by molar-refractivity contribution is 0.0138. The van der Waals surface area contributed by atoms with E-state index in [1.807, 2.05) is 51.1 Å². The topological polar surface area (TPSA) is 71.1 Å². The van der Waals surface area contributed by atoms with Crippen molar-refractivity contribution in [3.8, 4) is 0 Å². The molecule has 7 nitrogen and oxygen atoms in total. The summed E-state index contributed by atoms with van der Waals surface area (Å²) < 4.78 is 10.9. The van der Waals surface area contributed by atoms with E-state index in [1.165, 1.54) is 0 Å². The number of benzene rings is 1. The van der Waals surface area contributed by atoms with Crippen LogP contribution in [0.3, 0.4) is 0 Å². The smallest absolute Gasteiger partial charge is 0.410 e. The first-order chi connectivity index (χ1) is 13.3. The Labute approximate surface area is 167 Å². The molecule has 2 fully saturated rings. The van der Waals surface area contributed by atoms with Gasteiger partial charge in [-0.15, -0.1) is 0 Å². The van der Waals surface area contributed by atoms with E-state index in [9.17, 15) is 9.59 Å². The highest BCUT2D eigenvalue weighted by atomic mass is 16.6. The molecule has 0 spiro atoms. The molecule has 1 aromatic rings. The molecule has 2 saturated heterocycles. The molecule has 0 aliphatic carbocycles. The third kappa shape index (κ3) is 4.95. The van der Waals surface area contributed by atoms with Gasteiger partial charge in [-0.2, -0.15) is 0 Å². The summed E-state index contributed by atoms with van der Waals surface area (Å²) in [6.07, 6.45) is 0.993. The predicted molar refractivity (Wildman–Crippen MR) is 106 cm³/mol. The van der Waals surface area contributed by atoms with Crippen LogP contribution in [0.25, 0.3) is 0 Å². The molecule has 3 amide bonds. The Hall–Kier alpha value is -2.28. The SMILES string of the molecule is CC(C)(C)OC(=O)N1CCC(NC(=O)N2CCOCC2)(c2ccccc2)CC1. The minimum Gasteiger partial charge on any atom is -0.444 e. The Morgan fingerprint density at radius 3 is 2.18 bits per heavy atom. The van der Waals surface area contributed by atoms with Crippen LogP contribution in [0.15, 0.2) is 30.3 Å². The second-order valence-electron chi connectivity index (χ2n) is 8.45. The number of hydrogen-bond donors (Lipinski definition) is 1. The van der Waals surface area contributed by atoms with Gasteiger partial charge in [0.2, 0.25) is 0 Å². The summed E-state index contributed by atoms with van der Waals surface area (Å²) in [7, 11) is 0. The standard InChI is InChI=1S/C21H31N3O4/c1-20(2,3)28-19(26)24-11-9-21(10-12-24,17-7-5-4-6-8-17)22-18(25)23-13-15-27-16-14-23/h4-8H,9-16H2,1-3H3,(H,22,25). The molecule has 1 N–H and O–H groups in total. The molecule has 1 aromatic carbocycles. The van der Waals surface area contributed by atoms with Crippen LogP contribution in [-0.2, 0) is 15.0 Å². The summed E-state index contributed by atoms with van der Waals surface area (Å²) in [6.45, 7) is 9.00. The van der Waals surface area contributed by atoms with E-state index in [0.29, 0.717) is 52.2 Å². The average molecular weight is 389 g/mol. The minimum atomic E-state index is -0.518. The molecule has 2 aliphatic heterocycles. The highest BCUT2D eigenvalue weighted by molar-refractivity contribution is 5.75. The van der Waals surface area contributed by atoms with Crippen molar-refractivity contribution in [1.82, 2.24) is 15.1 Å². The molecule has 0 aromatic heterocycles. The number of amides is 3. The van der Waals surface area contributed by atoms with Crippen molar-refractivity contribution in [2.75, 3.05) is 39.4 Å². The van der Waals surface area contributed by atoms with Gasteiger partial charge in [0.15, 0.2) is 0 Å². The summed E-state index contributed by atoms with van der Waals surface area (Å²) in [5.41, 5.74) is 0.0607. The van der Waals surface area contributed by atoms with Gasteiger partial charge >= 0.3 is 12.1 Å². The predicted octanol–water partition coefficient (Wildman–Crippen LogP) is 2.95. The lowest BCUT2D eigenvalue weighted by atomic mass is 9.81. The van der Waals surface area contributed by atoms with Crippen LogP contribution in [0.5, 0.6) is 0 Å². The number of carbonyl (C=O) groups is 2. The Morgan fingerprint density at radius 2 is 1.61 bits per heavy atom. The van der Waals surface area contributed by atoms with Crippen LogP contribution in [0.1, 0.15) is 39.2 Å². The zero-order valence-corrected chi connectivity index (χ0v) is 17.1. The maximum atomic E-state index is 12.9. The molecule has 0 saturated carbocycles. The third-order valence-corrected chi connectivity index (χ3v) is 5.24. The number of nitrogens with zero attached hydrogens (tertiary/aromatic N) is 2. The van der Waals surface area contributed by atoms with E-state index < -0.39 is 11.1 Å². The van der Waals surface area contributed by atoms with Gasteiger partial charge in [0.25, 0.3) is 0 Å². The molecule has 0 bridgehead atoms. The van der Waals surface area contributed by atoms with Crippen molar-refractivity contribution in [1.29, 1.82) is 0 Å². The fourth-order valence-corrected chi connectivity index (χ4v) is 3.69. The second-order valence-corrected chi connectivity index (χ2v) is 8.45. The van der Waals surface area contributed by atoms with E-state index >= 15 is 0 Å². The van der Waals surface area contributed by atoms with Gasteiger partial charge in [0.05, 0.1) is 18.8 Å².